The van der Waals surface area contributed by atoms with Gasteiger partial charge in [0.05, 0.1) is 0 Å². The first-order chi connectivity index (χ1) is 4.91. The maximum absolute atomic E-state index is 9.79. The largest absolute Gasteiger partial charge is 0.299 e. The fraction of sp³-hybridized carbons (Fsp3) is 0.444. The van der Waals surface area contributed by atoms with E-state index in [9.17, 15) is 4.79 Å². The number of hydrogen-bond acceptors (Lipinski definition) is 1. The van der Waals surface area contributed by atoms with Gasteiger partial charge in [-0.2, -0.15) is 0 Å². The number of allylic oxidation sites excluding steroid dienone is 3. The molecule has 0 amide bonds. The highest BCUT2D eigenvalue weighted by atomic mass is 16.1. The zero-order valence-corrected chi connectivity index (χ0v) is 6.25. The summed E-state index contributed by atoms with van der Waals surface area (Å²) in [7, 11) is 0. The van der Waals surface area contributed by atoms with Crippen molar-refractivity contribution in [3.63, 3.8) is 0 Å². The molecule has 0 aromatic rings. The molecule has 0 radical (unpaired) electrons. The Labute approximate surface area is 62.4 Å². The summed E-state index contributed by atoms with van der Waals surface area (Å²) in [6.45, 7) is 3.62. The number of carbonyl (C=O) groups is 1. The van der Waals surface area contributed by atoms with E-state index >= 15 is 0 Å². The van der Waals surface area contributed by atoms with Gasteiger partial charge in [0.1, 0.15) is 6.29 Å². The Kier molecular flexibility index (Phi) is 7.46. The average Bonchev–Trinajstić information content (AvgIpc) is 1.97. The molecule has 0 aromatic heterocycles. The molecule has 1 nitrogen and oxygen atoms in total. The SMILES string of the molecule is C=CCCCC/C=C/C=O. The third kappa shape index (κ3) is 7.15. The average molecular weight is 138 g/mol. The van der Waals surface area contributed by atoms with Crippen LogP contribution in [0, 0.1) is 0 Å². The van der Waals surface area contributed by atoms with E-state index < -0.39 is 0 Å². The molecule has 1 heteroatoms. The highest BCUT2D eigenvalue weighted by molar-refractivity contribution is 5.64. The molecule has 0 fully saturated rings. The second kappa shape index (κ2) is 8.15. The highest BCUT2D eigenvalue weighted by Gasteiger charge is 1.80. The topological polar surface area (TPSA) is 17.1 Å². The van der Waals surface area contributed by atoms with Crippen LogP contribution in [-0.2, 0) is 4.79 Å². The van der Waals surface area contributed by atoms with Gasteiger partial charge >= 0.3 is 0 Å². The lowest BCUT2D eigenvalue weighted by Gasteiger charge is -1.89. The van der Waals surface area contributed by atoms with Crippen LogP contribution in [0.25, 0.3) is 0 Å². The molecule has 0 unspecified atom stereocenters. The van der Waals surface area contributed by atoms with Gasteiger partial charge in [-0.25, -0.2) is 0 Å². The first-order valence-electron chi connectivity index (χ1n) is 3.63. The van der Waals surface area contributed by atoms with Crippen molar-refractivity contribution in [3.8, 4) is 0 Å². The molecule has 0 aliphatic rings. The molecule has 0 aromatic carbocycles. The van der Waals surface area contributed by atoms with E-state index in [0.717, 1.165) is 25.5 Å². The summed E-state index contributed by atoms with van der Waals surface area (Å²) < 4.78 is 0. The lowest BCUT2D eigenvalue weighted by molar-refractivity contribution is -0.104. The molecule has 0 saturated carbocycles. The van der Waals surface area contributed by atoms with E-state index in [4.69, 9.17) is 0 Å². The molecular formula is C9H14O. The number of hydrogen-bond donors (Lipinski definition) is 0. The minimum absolute atomic E-state index is 0.813. The standard InChI is InChI=1S/C9H14O/c1-2-3-4-5-6-7-8-9-10/h2,7-9H,1,3-6H2/b8-7+. The van der Waals surface area contributed by atoms with E-state index in [1.54, 1.807) is 6.08 Å². The van der Waals surface area contributed by atoms with Crippen molar-refractivity contribution in [2.45, 2.75) is 25.7 Å². The zero-order valence-electron chi connectivity index (χ0n) is 6.25. The van der Waals surface area contributed by atoms with E-state index in [2.05, 4.69) is 6.58 Å². The highest BCUT2D eigenvalue weighted by Crippen LogP contribution is 1.99. The van der Waals surface area contributed by atoms with Crippen LogP contribution in [0.2, 0.25) is 0 Å². The normalized spacial score (nSPS) is 10.0. The third-order valence-electron chi connectivity index (χ3n) is 1.24. The van der Waals surface area contributed by atoms with Crippen molar-refractivity contribution in [1.82, 2.24) is 0 Å². The molecule has 0 aliphatic heterocycles. The molecular weight excluding hydrogens is 124 g/mol. The van der Waals surface area contributed by atoms with Crippen LogP contribution < -0.4 is 0 Å². The maximum Gasteiger partial charge on any atom is 0.142 e. The third-order valence-corrected chi connectivity index (χ3v) is 1.24. The number of unbranched alkanes of at least 4 members (excludes halogenated alkanes) is 3. The van der Waals surface area contributed by atoms with Crippen LogP contribution in [0.15, 0.2) is 24.8 Å². The summed E-state index contributed by atoms with van der Waals surface area (Å²) in [5.41, 5.74) is 0. The minimum Gasteiger partial charge on any atom is -0.299 e. The van der Waals surface area contributed by atoms with Crippen molar-refractivity contribution in [3.05, 3.63) is 24.8 Å². The Morgan fingerprint density at radius 2 is 1.90 bits per heavy atom. The second-order valence-corrected chi connectivity index (χ2v) is 2.14. The van der Waals surface area contributed by atoms with Crippen molar-refractivity contribution < 1.29 is 4.79 Å². The lowest BCUT2D eigenvalue weighted by Crippen LogP contribution is -1.71. The van der Waals surface area contributed by atoms with Crippen molar-refractivity contribution in [2.24, 2.45) is 0 Å². The van der Waals surface area contributed by atoms with E-state index in [-0.39, 0.29) is 0 Å². The predicted octanol–water partition coefficient (Wildman–Crippen LogP) is 2.49. The van der Waals surface area contributed by atoms with Gasteiger partial charge in [-0.15, -0.1) is 6.58 Å². The predicted molar refractivity (Wildman–Crippen MR) is 43.9 cm³/mol. The summed E-state index contributed by atoms with van der Waals surface area (Å²) in [6, 6.07) is 0. The number of carbonyl (C=O) groups excluding carboxylic acids is 1. The minimum atomic E-state index is 0.813. The zero-order chi connectivity index (χ0) is 7.66. The van der Waals surface area contributed by atoms with Gasteiger partial charge in [0.2, 0.25) is 0 Å². The van der Waals surface area contributed by atoms with Gasteiger partial charge < -0.3 is 0 Å². The van der Waals surface area contributed by atoms with Crippen LogP contribution >= 0.6 is 0 Å². The quantitative estimate of drug-likeness (QED) is 0.238. The van der Waals surface area contributed by atoms with Gasteiger partial charge in [-0.3, -0.25) is 4.79 Å². The van der Waals surface area contributed by atoms with Crippen LogP contribution in [-0.4, -0.2) is 6.29 Å². The number of rotatable bonds is 6. The van der Waals surface area contributed by atoms with Crippen LogP contribution in [0.4, 0.5) is 0 Å². The molecule has 10 heavy (non-hydrogen) atoms. The molecule has 56 valence electrons. The molecule has 0 heterocycles. The molecule has 0 bridgehead atoms. The van der Waals surface area contributed by atoms with E-state index in [0.29, 0.717) is 0 Å². The van der Waals surface area contributed by atoms with Crippen molar-refractivity contribution in [2.75, 3.05) is 0 Å². The fourth-order valence-electron chi connectivity index (χ4n) is 0.703. The molecule has 0 atom stereocenters. The summed E-state index contributed by atoms with van der Waals surface area (Å²) in [5, 5.41) is 0. The molecule has 0 rings (SSSR count). The van der Waals surface area contributed by atoms with Crippen molar-refractivity contribution >= 4 is 6.29 Å². The Balaban J connectivity index is 2.96. The van der Waals surface area contributed by atoms with Gasteiger partial charge in [0.25, 0.3) is 0 Å². The summed E-state index contributed by atoms with van der Waals surface area (Å²) >= 11 is 0. The Morgan fingerprint density at radius 3 is 2.50 bits per heavy atom. The van der Waals surface area contributed by atoms with E-state index in [1.165, 1.54) is 6.42 Å². The smallest absolute Gasteiger partial charge is 0.142 e. The maximum atomic E-state index is 9.79. The van der Waals surface area contributed by atoms with Crippen LogP contribution in [0.5, 0.6) is 0 Å². The van der Waals surface area contributed by atoms with E-state index in [1.807, 2.05) is 12.2 Å². The van der Waals surface area contributed by atoms with Crippen molar-refractivity contribution in [1.29, 1.82) is 0 Å². The van der Waals surface area contributed by atoms with Crippen LogP contribution in [0.3, 0.4) is 0 Å². The summed E-state index contributed by atoms with van der Waals surface area (Å²) in [6.07, 6.45) is 10.6. The first kappa shape index (κ1) is 9.15. The van der Waals surface area contributed by atoms with Gasteiger partial charge in [-0.1, -0.05) is 12.2 Å². The number of aldehydes is 1. The fourth-order valence-corrected chi connectivity index (χ4v) is 0.703. The van der Waals surface area contributed by atoms with Gasteiger partial charge in [0, 0.05) is 0 Å². The van der Waals surface area contributed by atoms with Gasteiger partial charge in [-0.05, 0) is 31.8 Å². The first-order valence-corrected chi connectivity index (χ1v) is 3.63. The van der Waals surface area contributed by atoms with Gasteiger partial charge in [0.15, 0.2) is 0 Å². The summed E-state index contributed by atoms with van der Waals surface area (Å²) in [5.74, 6) is 0. The molecule has 0 spiro atoms. The molecule has 0 aliphatic carbocycles. The van der Waals surface area contributed by atoms with Crippen LogP contribution in [0.1, 0.15) is 25.7 Å². The Morgan fingerprint density at radius 1 is 1.20 bits per heavy atom. The molecule has 0 saturated heterocycles. The Bertz CT molecular complexity index is 114. The lowest BCUT2D eigenvalue weighted by atomic mass is 10.2. The monoisotopic (exact) mass is 138 g/mol. The molecule has 0 N–H and O–H groups in total. The summed E-state index contributed by atoms with van der Waals surface area (Å²) in [4.78, 5) is 9.79. The Hall–Kier alpha value is -0.850. The second-order valence-electron chi connectivity index (χ2n) is 2.14.